The third kappa shape index (κ3) is 2.12. The summed E-state index contributed by atoms with van der Waals surface area (Å²) >= 11 is 0. The molecule has 4 heteroatoms. The van der Waals surface area contributed by atoms with E-state index in [9.17, 15) is 5.26 Å². The Bertz CT molecular complexity index is 870. The lowest BCUT2D eigenvalue weighted by atomic mass is 10.1. The Morgan fingerprint density at radius 1 is 1.17 bits per heavy atom. The fraction of sp³-hybridized carbons (Fsp3) is 0.263. The minimum Gasteiger partial charge on any atom is -0.352 e. The highest BCUT2D eigenvalue weighted by atomic mass is 15.4. The summed E-state index contributed by atoms with van der Waals surface area (Å²) in [6.45, 7) is 13.6. The van der Waals surface area contributed by atoms with Crippen LogP contribution in [0, 0.1) is 31.8 Å². The van der Waals surface area contributed by atoms with Crippen molar-refractivity contribution in [1.29, 1.82) is 5.26 Å². The molecule has 1 aliphatic rings. The molecule has 0 N–H and O–H groups in total. The van der Waals surface area contributed by atoms with Gasteiger partial charge in [0.25, 0.3) is 0 Å². The van der Waals surface area contributed by atoms with Crippen LogP contribution in [0.5, 0.6) is 0 Å². The van der Waals surface area contributed by atoms with Gasteiger partial charge < -0.3 is 9.80 Å². The number of hydrogen-bond acceptors (Lipinski definition) is 3. The Morgan fingerprint density at radius 3 is 2.57 bits per heavy atom. The molecular formula is C19H18N4. The first-order valence-corrected chi connectivity index (χ1v) is 7.53. The fourth-order valence-electron chi connectivity index (χ4n) is 3.20. The van der Waals surface area contributed by atoms with Crippen molar-refractivity contribution in [2.45, 2.75) is 26.9 Å². The van der Waals surface area contributed by atoms with Crippen LogP contribution in [0.2, 0.25) is 0 Å². The molecule has 0 radical (unpaired) electrons. The van der Waals surface area contributed by atoms with Crippen molar-refractivity contribution in [3.05, 3.63) is 58.4 Å². The number of benzene rings is 2. The standard InChI is InChI=1S/C19H18N4/c1-12-6-7-13(2)18(10-12)23-14(3)22(5)19-15(11-20)16(21-4)8-9-17(19)23/h6-10,14H,1-3,5H3/t14-/m0/s1. The number of hydrogen-bond donors (Lipinski definition) is 0. The van der Waals surface area contributed by atoms with Crippen LogP contribution in [0.25, 0.3) is 4.85 Å². The van der Waals surface area contributed by atoms with Gasteiger partial charge in [0, 0.05) is 12.7 Å². The van der Waals surface area contributed by atoms with Gasteiger partial charge >= 0.3 is 0 Å². The minimum absolute atomic E-state index is 0.0820. The molecule has 3 rings (SSSR count). The second-order valence-electron chi connectivity index (χ2n) is 5.95. The van der Waals surface area contributed by atoms with Gasteiger partial charge in [-0.25, -0.2) is 4.85 Å². The topological polar surface area (TPSA) is 34.6 Å². The van der Waals surface area contributed by atoms with Gasteiger partial charge in [0.1, 0.15) is 6.17 Å². The molecule has 0 aromatic heterocycles. The molecule has 1 aliphatic heterocycles. The van der Waals surface area contributed by atoms with Crippen molar-refractivity contribution in [2.24, 2.45) is 0 Å². The first-order valence-electron chi connectivity index (χ1n) is 7.53. The van der Waals surface area contributed by atoms with Gasteiger partial charge in [0.05, 0.1) is 29.6 Å². The number of aryl methyl sites for hydroxylation is 2. The van der Waals surface area contributed by atoms with E-state index >= 15 is 0 Å². The van der Waals surface area contributed by atoms with Crippen LogP contribution >= 0.6 is 0 Å². The van der Waals surface area contributed by atoms with E-state index in [1.807, 2.05) is 13.1 Å². The van der Waals surface area contributed by atoms with Crippen LogP contribution in [0.3, 0.4) is 0 Å². The van der Waals surface area contributed by atoms with E-state index in [0.29, 0.717) is 11.3 Å². The summed E-state index contributed by atoms with van der Waals surface area (Å²) in [4.78, 5) is 7.81. The lowest BCUT2D eigenvalue weighted by Crippen LogP contribution is -2.36. The normalized spacial score (nSPS) is 16.0. The summed E-state index contributed by atoms with van der Waals surface area (Å²) in [5.74, 6) is 0. The molecule has 4 nitrogen and oxygen atoms in total. The molecule has 23 heavy (non-hydrogen) atoms. The Kier molecular flexibility index (Phi) is 3.47. The van der Waals surface area contributed by atoms with Crippen LogP contribution in [0.15, 0.2) is 30.3 Å². The first-order chi connectivity index (χ1) is 11.0. The quantitative estimate of drug-likeness (QED) is 0.719. The summed E-state index contributed by atoms with van der Waals surface area (Å²) < 4.78 is 0. The average molecular weight is 302 g/mol. The van der Waals surface area contributed by atoms with Crippen molar-refractivity contribution >= 4 is 22.7 Å². The maximum Gasteiger partial charge on any atom is 0.206 e. The van der Waals surface area contributed by atoms with Gasteiger partial charge in [0.2, 0.25) is 5.69 Å². The summed E-state index contributed by atoms with van der Waals surface area (Å²) in [7, 11) is 1.98. The second kappa shape index (κ2) is 5.34. The Balaban J connectivity index is 2.28. The van der Waals surface area contributed by atoms with Crippen molar-refractivity contribution < 1.29 is 0 Å². The first kappa shape index (κ1) is 14.9. The van der Waals surface area contributed by atoms with E-state index in [1.54, 1.807) is 6.07 Å². The van der Waals surface area contributed by atoms with Crippen LogP contribution in [0.1, 0.15) is 23.6 Å². The maximum absolute atomic E-state index is 9.53. The van der Waals surface area contributed by atoms with E-state index in [2.05, 4.69) is 59.7 Å². The molecule has 0 bridgehead atoms. The van der Waals surface area contributed by atoms with Crippen LogP contribution in [0.4, 0.5) is 22.7 Å². The Labute approximate surface area is 137 Å². The molecule has 0 saturated heterocycles. The summed E-state index contributed by atoms with van der Waals surface area (Å²) in [5.41, 5.74) is 6.23. The fourth-order valence-corrected chi connectivity index (χ4v) is 3.20. The highest BCUT2D eigenvalue weighted by Crippen LogP contribution is 2.48. The van der Waals surface area contributed by atoms with Gasteiger partial charge in [-0.2, -0.15) is 5.26 Å². The molecule has 0 spiro atoms. The predicted octanol–water partition coefficient (Wildman–Crippen LogP) is 4.66. The Morgan fingerprint density at radius 2 is 1.91 bits per heavy atom. The molecule has 114 valence electrons. The lowest BCUT2D eigenvalue weighted by Gasteiger charge is -2.29. The zero-order chi connectivity index (χ0) is 16.7. The number of anilines is 3. The van der Waals surface area contributed by atoms with Gasteiger partial charge in [-0.15, -0.1) is 0 Å². The van der Waals surface area contributed by atoms with Gasteiger partial charge in [-0.05, 0) is 44.0 Å². The second-order valence-corrected chi connectivity index (χ2v) is 5.95. The molecule has 0 amide bonds. The van der Waals surface area contributed by atoms with Crippen molar-refractivity contribution in [2.75, 3.05) is 16.8 Å². The van der Waals surface area contributed by atoms with E-state index in [1.165, 1.54) is 11.1 Å². The van der Waals surface area contributed by atoms with Crippen LogP contribution in [-0.4, -0.2) is 13.2 Å². The monoisotopic (exact) mass is 302 g/mol. The zero-order valence-electron chi connectivity index (χ0n) is 13.8. The third-order valence-electron chi connectivity index (χ3n) is 4.54. The van der Waals surface area contributed by atoms with Crippen LogP contribution < -0.4 is 9.80 Å². The largest absolute Gasteiger partial charge is 0.352 e. The highest BCUT2D eigenvalue weighted by Gasteiger charge is 2.35. The molecule has 0 unspecified atom stereocenters. The third-order valence-corrected chi connectivity index (χ3v) is 4.54. The van der Waals surface area contributed by atoms with Gasteiger partial charge in [-0.1, -0.05) is 18.2 Å². The van der Waals surface area contributed by atoms with Gasteiger partial charge in [-0.3, -0.25) is 0 Å². The van der Waals surface area contributed by atoms with Crippen molar-refractivity contribution in [3.63, 3.8) is 0 Å². The number of nitrogens with zero attached hydrogens (tertiary/aromatic N) is 4. The Hall–Kier alpha value is -2.98. The summed E-state index contributed by atoms with van der Waals surface area (Å²) in [6, 6.07) is 12.3. The molecule has 1 atom stereocenters. The van der Waals surface area contributed by atoms with E-state index in [0.717, 1.165) is 17.1 Å². The molecule has 0 saturated carbocycles. The SMILES string of the molecule is [C-]#[N+]c1ccc2c(c1C#N)N(C)[C@H](C)N2c1cc(C)ccc1C. The zero-order valence-corrected chi connectivity index (χ0v) is 13.8. The number of rotatable bonds is 1. The predicted molar refractivity (Wildman–Crippen MR) is 93.3 cm³/mol. The molecule has 2 aromatic carbocycles. The van der Waals surface area contributed by atoms with Crippen molar-refractivity contribution in [1.82, 2.24) is 0 Å². The van der Waals surface area contributed by atoms with Crippen molar-refractivity contribution in [3.8, 4) is 6.07 Å². The number of nitriles is 1. The molecule has 0 fully saturated rings. The highest BCUT2D eigenvalue weighted by molar-refractivity contribution is 5.91. The lowest BCUT2D eigenvalue weighted by molar-refractivity contribution is 0.732. The molecule has 0 aliphatic carbocycles. The minimum atomic E-state index is 0.0820. The smallest absolute Gasteiger partial charge is 0.206 e. The van der Waals surface area contributed by atoms with E-state index in [4.69, 9.17) is 6.57 Å². The maximum atomic E-state index is 9.53. The molecule has 2 aromatic rings. The average Bonchev–Trinajstić information content (AvgIpc) is 2.80. The van der Waals surface area contributed by atoms with E-state index < -0.39 is 0 Å². The van der Waals surface area contributed by atoms with E-state index in [-0.39, 0.29) is 6.17 Å². The van der Waals surface area contributed by atoms with Gasteiger partial charge in [0.15, 0.2) is 0 Å². The van der Waals surface area contributed by atoms with Crippen LogP contribution in [-0.2, 0) is 0 Å². The molecule has 1 heterocycles. The molecular weight excluding hydrogens is 284 g/mol. The number of fused-ring (bicyclic) bond motifs is 1. The summed E-state index contributed by atoms with van der Waals surface area (Å²) in [5, 5.41) is 9.53. The summed E-state index contributed by atoms with van der Waals surface area (Å²) in [6.07, 6.45) is 0.0820.